The number of rotatable bonds is 4. The first kappa shape index (κ1) is 17.9. The predicted octanol–water partition coefficient (Wildman–Crippen LogP) is 1.92. The molecule has 1 fully saturated rings. The molecule has 2 N–H and O–H groups in total. The minimum absolute atomic E-state index is 0.0579. The first-order chi connectivity index (χ1) is 13.7. The Morgan fingerprint density at radius 1 is 1.07 bits per heavy atom. The van der Waals surface area contributed by atoms with Gasteiger partial charge in [-0.1, -0.05) is 12.1 Å². The van der Waals surface area contributed by atoms with Crippen molar-refractivity contribution >= 4 is 17.4 Å². The minimum atomic E-state index is -0.465. The number of aromatic nitrogens is 3. The quantitative estimate of drug-likeness (QED) is 0.721. The number of benzene rings is 1. The average Bonchev–Trinajstić information content (AvgIpc) is 2.75. The summed E-state index contributed by atoms with van der Waals surface area (Å²) in [5.74, 6) is 0.354. The van der Waals surface area contributed by atoms with Crippen molar-refractivity contribution in [1.29, 1.82) is 0 Å². The molecule has 1 aliphatic heterocycles. The fourth-order valence-corrected chi connectivity index (χ4v) is 3.00. The van der Waals surface area contributed by atoms with Crippen molar-refractivity contribution in [3.63, 3.8) is 0 Å². The Kier molecular flexibility index (Phi) is 5.11. The normalized spacial score (nSPS) is 13.9. The summed E-state index contributed by atoms with van der Waals surface area (Å²) in [4.78, 5) is 28.7. The van der Waals surface area contributed by atoms with E-state index in [1.807, 2.05) is 24.3 Å². The van der Waals surface area contributed by atoms with Gasteiger partial charge in [-0.25, -0.2) is 0 Å². The summed E-state index contributed by atoms with van der Waals surface area (Å²) in [5.41, 5.74) is 1.72. The number of aromatic amines is 1. The van der Waals surface area contributed by atoms with Crippen molar-refractivity contribution in [1.82, 2.24) is 15.2 Å². The lowest BCUT2D eigenvalue weighted by atomic mass is 10.1. The second kappa shape index (κ2) is 8.01. The van der Waals surface area contributed by atoms with Crippen LogP contribution in [0.3, 0.4) is 0 Å². The number of ether oxygens (including phenoxy) is 1. The second-order valence-corrected chi connectivity index (χ2v) is 6.32. The Morgan fingerprint density at radius 3 is 2.68 bits per heavy atom. The molecule has 2 aromatic heterocycles. The van der Waals surface area contributed by atoms with Crippen LogP contribution >= 0.6 is 0 Å². The van der Waals surface area contributed by atoms with Crippen LogP contribution in [0.15, 0.2) is 59.5 Å². The van der Waals surface area contributed by atoms with Gasteiger partial charge >= 0.3 is 0 Å². The number of nitrogens with one attached hydrogen (secondary N) is 2. The molecule has 142 valence electrons. The molecule has 0 radical (unpaired) electrons. The van der Waals surface area contributed by atoms with Gasteiger partial charge in [0, 0.05) is 30.5 Å². The molecule has 28 heavy (non-hydrogen) atoms. The standard InChI is InChI=1S/C20H19N5O3/c26-19-16(5-2-8-21-19)20(27)22-15-4-1-3-14(13-15)17-6-7-18(24-23-17)25-9-11-28-12-10-25/h1-8,13H,9-12H2,(H,21,26)(H,22,27). The third-order valence-corrected chi connectivity index (χ3v) is 4.46. The van der Waals surface area contributed by atoms with Crippen LogP contribution in [-0.2, 0) is 4.74 Å². The fraction of sp³-hybridized carbons (Fsp3) is 0.200. The maximum atomic E-state index is 12.3. The van der Waals surface area contributed by atoms with E-state index in [2.05, 4.69) is 25.4 Å². The molecule has 0 unspecified atom stereocenters. The fourth-order valence-electron chi connectivity index (χ4n) is 3.00. The number of H-pyrrole nitrogens is 1. The van der Waals surface area contributed by atoms with Gasteiger partial charge in [0.05, 0.1) is 18.9 Å². The van der Waals surface area contributed by atoms with Gasteiger partial charge in [0.25, 0.3) is 11.5 Å². The first-order valence-electron chi connectivity index (χ1n) is 8.96. The summed E-state index contributed by atoms with van der Waals surface area (Å²) in [6.45, 7) is 2.98. The van der Waals surface area contributed by atoms with Crippen molar-refractivity contribution in [2.24, 2.45) is 0 Å². The van der Waals surface area contributed by atoms with Gasteiger partial charge in [-0.15, -0.1) is 10.2 Å². The van der Waals surface area contributed by atoms with Crippen molar-refractivity contribution in [3.8, 4) is 11.3 Å². The molecule has 0 aliphatic carbocycles. The van der Waals surface area contributed by atoms with E-state index in [1.165, 1.54) is 12.3 Å². The maximum Gasteiger partial charge on any atom is 0.261 e. The largest absolute Gasteiger partial charge is 0.378 e. The van der Waals surface area contributed by atoms with Crippen LogP contribution in [0, 0.1) is 0 Å². The Morgan fingerprint density at radius 2 is 1.93 bits per heavy atom. The molecule has 1 aliphatic rings. The van der Waals surface area contributed by atoms with Crippen molar-refractivity contribution in [3.05, 3.63) is 70.6 Å². The average molecular weight is 377 g/mol. The van der Waals surface area contributed by atoms with Crippen LogP contribution in [0.1, 0.15) is 10.4 Å². The molecule has 0 atom stereocenters. The maximum absolute atomic E-state index is 12.3. The van der Waals surface area contributed by atoms with Gasteiger partial charge in [-0.3, -0.25) is 9.59 Å². The molecule has 3 aromatic rings. The Hall–Kier alpha value is -3.52. The van der Waals surface area contributed by atoms with Crippen LogP contribution < -0.4 is 15.8 Å². The van der Waals surface area contributed by atoms with E-state index >= 15 is 0 Å². The van der Waals surface area contributed by atoms with Gasteiger partial charge in [0.2, 0.25) is 0 Å². The number of anilines is 2. The molecule has 1 saturated heterocycles. The highest BCUT2D eigenvalue weighted by molar-refractivity contribution is 6.04. The summed E-state index contributed by atoms with van der Waals surface area (Å²) >= 11 is 0. The minimum Gasteiger partial charge on any atom is -0.378 e. The number of hydrogen-bond acceptors (Lipinski definition) is 6. The highest BCUT2D eigenvalue weighted by atomic mass is 16.5. The van der Waals surface area contributed by atoms with Crippen LogP contribution in [-0.4, -0.2) is 47.4 Å². The number of carbonyl (C=O) groups is 1. The monoisotopic (exact) mass is 377 g/mol. The lowest BCUT2D eigenvalue weighted by Crippen LogP contribution is -2.36. The summed E-state index contributed by atoms with van der Waals surface area (Å²) in [5, 5.41) is 11.4. The lowest BCUT2D eigenvalue weighted by Gasteiger charge is -2.27. The van der Waals surface area contributed by atoms with Crippen LogP contribution in [0.2, 0.25) is 0 Å². The summed E-state index contributed by atoms with van der Waals surface area (Å²) in [6, 6.07) is 14.2. The van der Waals surface area contributed by atoms with E-state index in [0.29, 0.717) is 24.6 Å². The topological polar surface area (TPSA) is 100 Å². The van der Waals surface area contributed by atoms with Crippen LogP contribution in [0.4, 0.5) is 11.5 Å². The molecule has 3 heterocycles. The van der Waals surface area contributed by atoms with Gasteiger partial charge in [-0.05, 0) is 36.4 Å². The Labute approximate surface area is 161 Å². The van der Waals surface area contributed by atoms with Crippen LogP contribution in [0.25, 0.3) is 11.3 Å². The number of amides is 1. The van der Waals surface area contributed by atoms with E-state index in [1.54, 1.807) is 18.2 Å². The molecule has 0 saturated carbocycles. The smallest absolute Gasteiger partial charge is 0.261 e. The van der Waals surface area contributed by atoms with Crippen LogP contribution in [0.5, 0.6) is 0 Å². The van der Waals surface area contributed by atoms with Gasteiger partial charge in [-0.2, -0.15) is 0 Å². The van der Waals surface area contributed by atoms with E-state index in [-0.39, 0.29) is 5.56 Å². The zero-order valence-corrected chi connectivity index (χ0v) is 15.1. The molecule has 0 bridgehead atoms. The predicted molar refractivity (Wildman–Crippen MR) is 106 cm³/mol. The molecule has 0 spiro atoms. The molecule has 8 heteroatoms. The summed E-state index contributed by atoms with van der Waals surface area (Å²) in [7, 11) is 0. The number of carbonyl (C=O) groups excluding carboxylic acids is 1. The van der Waals surface area contributed by atoms with Crippen molar-refractivity contribution < 1.29 is 9.53 Å². The zero-order valence-electron chi connectivity index (χ0n) is 15.1. The zero-order chi connectivity index (χ0) is 19.3. The number of hydrogen-bond donors (Lipinski definition) is 2. The number of morpholine rings is 1. The summed E-state index contributed by atoms with van der Waals surface area (Å²) in [6.07, 6.45) is 1.49. The van der Waals surface area contributed by atoms with Gasteiger partial charge in [0.1, 0.15) is 5.56 Å². The second-order valence-electron chi connectivity index (χ2n) is 6.32. The Bertz CT molecular complexity index is 1030. The number of pyridine rings is 1. The number of nitrogens with zero attached hydrogens (tertiary/aromatic N) is 3. The molecule has 4 rings (SSSR count). The molecular formula is C20H19N5O3. The van der Waals surface area contributed by atoms with E-state index in [9.17, 15) is 9.59 Å². The van der Waals surface area contributed by atoms with Crippen molar-refractivity contribution in [2.75, 3.05) is 36.5 Å². The highest BCUT2D eigenvalue weighted by Crippen LogP contribution is 2.22. The van der Waals surface area contributed by atoms with Gasteiger partial charge in [0.15, 0.2) is 5.82 Å². The summed E-state index contributed by atoms with van der Waals surface area (Å²) < 4.78 is 5.35. The lowest BCUT2D eigenvalue weighted by molar-refractivity contribution is 0.102. The van der Waals surface area contributed by atoms with E-state index in [4.69, 9.17) is 4.74 Å². The first-order valence-corrected chi connectivity index (χ1v) is 8.96. The molecular weight excluding hydrogens is 358 g/mol. The highest BCUT2D eigenvalue weighted by Gasteiger charge is 2.14. The molecule has 1 amide bonds. The Balaban J connectivity index is 1.51. The SMILES string of the molecule is O=C(Nc1cccc(-c2ccc(N3CCOCC3)nn2)c1)c1ccc[nH]c1=O. The van der Waals surface area contributed by atoms with Crippen molar-refractivity contribution in [2.45, 2.75) is 0 Å². The van der Waals surface area contributed by atoms with E-state index in [0.717, 1.165) is 24.5 Å². The van der Waals surface area contributed by atoms with E-state index < -0.39 is 11.5 Å². The molecule has 1 aromatic carbocycles. The third-order valence-electron chi connectivity index (χ3n) is 4.46. The third kappa shape index (κ3) is 3.91. The van der Waals surface area contributed by atoms with Gasteiger partial charge < -0.3 is 19.9 Å². The molecule has 8 nitrogen and oxygen atoms in total.